The first-order valence-corrected chi connectivity index (χ1v) is 6.75. The van der Waals surface area contributed by atoms with Crippen LogP contribution in [0.1, 0.15) is 18.1 Å². The monoisotopic (exact) mass is 286 g/mol. The van der Waals surface area contributed by atoms with Gasteiger partial charge in [0.05, 0.1) is 6.61 Å². The molecule has 6 heteroatoms. The molecule has 84 valence electrons. The Balaban J connectivity index is 0.00000225. The van der Waals surface area contributed by atoms with E-state index in [1.807, 2.05) is 6.92 Å². The second-order valence-electron chi connectivity index (χ2n) is 3.26. The molecule has 1 rings (SSSR count). The molecule has 0 N–H and O–H groups in total. The standard InChI is InChI=1S/C10H14ClO3P.K/c1-3-14-15(12,13)7-9-4-5-10(11)6-8(9)2;/h4-6H,3,7H2,1-2H3,(H,12,13);/q;+1/p-1. The molecule has 0 heterocycles. The summed E-state index contributed by atoms with van der Waals surface area (Å²) in [6, 6.07) is 5.12. The maximum Gasteiger partial charge on any atom is 1.00 e. The average Bonchev–Trinajstić information content (AvgIpc) is 2.09. The molecule has 1 aromatic rings. The van der Waals surface area contributed by atoms with Crippen LogP contribution in [0.15, 0.2) is 18.2 Å². The van der Waals surface area contributed by atoms with Gasteiger partial charge >= 0.3 is 51.4 Å². The molecule has 0 spiro atoms. The van der Waals surface area contributed by atoms with Crippen molar-refractivity contribution in [3.63, 3.8) is 0 Å². The van der Waals surface area contributed by atoms with E-state index in [1.54, 1.807) is 25.1 Å². The summed E-state index contributed by atoms with van der Waals surface area (Å²) in [6.07, 6.45) is -0.0795. The number of aryl methyl sites for hydroxylation is 1. The van der Waals surface area contributed by atoms with E-state index in [2.05, 4.69) is 4.52 Å². The van der Waals surface area contributed by atoms with E-state index >= 15 is 0 Å². The minimum absolute atomic E-state index is 0. The number of hydrogen-bond acceptors (Lipinski definition) is 3. The zero-order valence-corrected chi connectivity index (χ0v) is 14.5. The van der Waals surface area contributed by atoms with Gasteiger partial charge in [-0.05, 0) is 37.1 Å². The summed E-state index contributed by atoms with van der Waals surface area (Å²) in [7, 11) is -3.75. The Bertz CT molecular complexity index is 398. The molecule has 0 bridgehead atoms. The fraction of sp³-hybridized carbons (Fsp3) is 0.400. The predicted molar refractivity (Wildman–Crippen MR) is 59.1 cm³/mol. The molecular formula is C10H13ClKO3P. The number of rotatable bonds is 4. The third-order valence-electron chi connectivity index (χ3n) is 1.99. The van der Waals surface area contributed by atoms with Gasteiger partial charge in [-0.2, -0.15) is 0 Å². The quantitative estimate of drug-likeness (QED) is 0.566. The average molecular weight is 287 g/mol. The van der Waals surface area contributed by atoms with Crippen molar-refractivity contribution in [3.05, 3.63) is 34.3 Å². The molecule has 0 aliphatic carbocycles. The summed E-state index contributed by atoms with van der Waals surface area (Å²) in [5.74, 6) is 0. The molecule has 1 atom stereocenters. The van der Waals surface area contributed by atoms with Gasteiger partial charge < -0.3 is 14.0 Å². The zero-order valence-electron chi connectivity index (χ0n) is 9.70. The zero-order chi connectivity index (χ0) is 11.5. The molecule has 1 aromatic carbocycles. The normalized spacial score (nSPS) is 14.0. The third-order valence-corrected chi connectivity index (χ3v) is 3.61. The molecule has 0 saturated carbocycles. The van der Waals surface area contributed by atoms with Crippen LogP contribution in [-0.4, -0.2) is 6.61 Å². The second kappa shape index (κ2) is 7.67. The van der Waals surface area contributed by atoms with Crippen molar-refractivity contribution < 1.29 is 65.4 Å². The van der Waals surface area contributed by atoms with Gasteiger partial charge in [-0.15, -0.1) is 0 Å². The van der Waals surface area contributed by atoms with Gasteiger partial charge in [0.15, 0.2) is 0 Å². The van der Waals surface area contributed by atoms with Crippen molar-refractivity contribution in [2.24, 2.45) is 0 Å². The number of halogens is 1. The molecule has 0 saturated heterocycles. The van der Waals surface area contributed by atoms with Gasteiger partial charge in [-0.3, -0.25) is 0 Å². The summed E-state index contributed by atoms with van der Waals surface area (Å²) in [6.45, 7) is 3.65. The SMILES string of the molecule is CCOP(=O)([O-])Cc1ccc(Cl)cc1C.[K+]. The summed E-state index contributed by atoms with van der Waals surface area (Å²) in [5.41, 5.74) is 1.59. The van der Waals surface area contributed by atoms with Gasteiger partial charge in [0.2, 0.25) is 0 Å². The van der Waals surface area contributed by atoms with Crippen molar-refractivity contribution in [2.45, 2.75) is 20.0 Å². The number of hydrogen-bond donors (Lipinski definition) is 0. The van der Waals surface area contributed by atoms with Gasteiger partial charge in [0, 0.05) is 11.2 Å². The van der Waals surface area contributed by atoms with Crippen LogP contribution in [0.4, 0.5) is 0 Å². The van der Waals surface area contributed by atoms with Crippen molar-refractivity contribution >= 4 is 19.2 Å². The summed E-state index contributed by atoms with van der Waals surface area (Å²) in [4.78, 5) is 11.4. The Labute approximate surface area is 143 Å². The van der Waals surface area contributed by atoms with Gasteiger partial charge in [0.25, 0.3) is 0 Å². The predicted octanol–water partition coefficient (Wildman–Crippen LogP) is -0.258. The van der Waals surface area contributed by atoms with Crippen molar-refractivity contribution in [2.75, 3.05) is 6.61 Å². The van der Waals surface area contributed by atoms with Gasteiger partial charge in [-0.25, -0.2) is 0 Å². The Kier molecular flexibility index (Phi) is 8.29. The van der Waals surface area contributed by atoms with E-state index in [0.717, 1.165) is 11.1 Å². The molecule has 0 fully saturated rings. The smallest absolute Gasteiger partial charge is 0.778 e. The van der Waals surface area contributed by atoms with Gasteiger partial charge in [-0.1, -0.05) is 17.7 Å². The molecule has 0 amide bonds. The number of benzene rings is 1. The Morgan fingerprint density at radius 1 is 1.50 bits per heavy atom. The van der Waals surface area contributed by atoms with Crippen molar-refractivity contribution in [3.8, 4) is 0 Å². The van der Waals surface area contributed by atoms with E-state index in [4.69, 9.17) is 11.6 Å². The molecule has 16 heavy (non-hydrogen) atoms. The first-order valence-electron chi connectivity index (χ1n) is 4.64. The van der Waals surface area contributed by atoms with Gasteiger partial charge in [0.1, 0.15) is 7.60 Å². The Morgan fingerprint density at radius 2 is 2.12 bits per heavy atom. The fourth-order valence-corrected chi connectivity index (χ4v) is 2.77. The van der Waals surface area contributed by atoms with Crippen LogP contribution < -0.4 is 56.3 Å². The first kappa shape index (κ1) is 17.3. The molecule has 1 unspecified atom stereocenters. The topological polar surface area (TPSA) is 49.4 Å². The van der Waals surface area contributed by atoms with E-state index in [-0.39, 0.29) is 64.2 Å². The van der Waals surface area contributed by atoms with Crippen molar-refractivity contribution in [1.82, 2.24) is 0 Å². The largest absolute Gasteiger partial charge is 1.00 e. The van der Waals surface area contributed by atoms with Crippen LogP contribution in [-0.2, 0) is 15.3 Å². The van der Waals surface area contributed by atoms with Crippen LogP contribution in [0.25, 0.3) is 0 Å². The Hall–Kier alpha value is 1.30. The molecular weight excluding hydrogens is 274 g/mol. The molecule has 0 aliphatic rings. The van der Waals surface area contributed by atoms with Crippen LogP contribution in [0, 0.1) is 6.92 Å². The molecule has 3 nitrogen and oxygen atoms in total. The summed E-state index contributed by atoms with van der Waals surface area (Å²) >= 11 is 5.77. The summed E-state index contributed by atoms with van der Waals surface area (Å²) in [5, 5.41) is 0.605. The molecule has 0 radical (unpaired) electrons. The van der Waals surface area contributed by atoms with Crippen LogP contribution >= 0.6 is 19.2 Å². The summed E-state index contributed by atoms with van der Waals surface area (Å²) < 4.78 is 16.1. The second-order valence-corrected chi connectivity index (χ2v) is 5.49. The maximum absolute atomic E-state index is 11.4. The first-order chi connectivity index (χ1) is 6.94. The molecule has 0 aromatic heterocycles. The van der Waals surface area contributed by atoms with E-state index in [9.17, 15) is 9.46 Å². The fourth-order valence-electron chi connectivity index (χ4n) is 1.29. The van der Waals surface area contributed by atoms with E-state index in [1.165, 1.54) is 0 Å². The van der Waals surface area contributed by atoms with Crippen molar-refractivity contribution in [1.29, 1.82) is 0 Å². The van der Waals surface area contributed by atoms with Crippen LogP contribution in [0.2, 0.25) is 5.02 Å². The minimum atomic E-state index is -3.75. The third kappa shape index (κ3) is 5.76. The minimum Gasteiger partial charge on any atom is -0.778 e. The molecule has 0 aliphatic heterocycles. The maximum atomic E-state index is 11.4. The van der Waals surface area contributed by atoms with Crippen LogP contribution in [0.3, 0.4) is 0 Å². The van der Waals surface area contributed by atoms with E-state index in [0.29, 0.717) is 5.02 Å². The van der Waals surface area contributed by atoms with E-state index < -0.39 is 7.60 Å². The Morgan fingerprint density at radius 3 is 2.62 bits per heavy atom. The van der Waals surface area contributed by atoms with Crippen LogP contribution in [0.5, 0.6) is 0 Å².